The Balaban J connectivity index is 0. The Bertz CT molecular complexity index is 1020. The molecule has 2 atom stereocenters. The highest BCUT2D eigenvalue weighted by Crippen LogP contribution is 2.18. The van der Waals surface area contributed by atoms with E-state index in [1.807, 2.05) is 0 Å². The highest BCUT2D eigenvalue weighted by Gasteiger charge is 2.26. The van der Waals surface area contributed by atoms with E-state index in [0.717, 1.165) is 32.9 Å². The predicted molar refractivity (Wildman–Crippen MR) is 228 cm³/mol. The summed E-state index contributed by atoms with van der Waals surface area (Å²) < 4.78 is 29.7. The van der Waals surface area contributed by atoms with Gasteiger partial charge in [0, 0.05) is 19.4 Å². The standard InChI is InChI=1S/C42H79N3O.CH4O4S.H3N/c1-5-7-9-11-13-15-17-19-21-23-24-26-28-30-32-34-36-41-43-39(3)38-45(41)40(4)44-42(46)37-35-33-31-29-27-25-22-20-18-16-14-12-10-8-6-2;1-5-6(2,3)4;/h19-22,39-40H,5-18,23-38H2,1-4H3,(H,44,46);1H3,(H,2,3,4);1H3/b21-19-,22-20-;;. The molecular formula is C43H86N4O5S. The van der Waals surface area contributed by atoms with Gasteiger partial charge in [0.05, 0.1) is 19.3 Å². The van der Waals surface area contributed by atoms with Crippen LogP contribution < -0.4 is 11.5 Å². The number of amidine groups is 1. The van der Waals surface area contributed by atoms with Gasteiger partial charge < -0.3 is 16.4 Å². The van der Waals surface area contributed by atoms with Crippen molar-refractivity contribution in [2.75, 3.05) is 13.7 Å². The van der Waals surface area contributed by atoms with Crippen molar-refractivity contribution in [3.63, 3.8) is 0 Å². The first-order valence-corrected chi connectivity index (χ1v) is 23.0. The van der Waals surface area contributed by atoms with E-state index in [-0.39, 0.29) is 18.2 Å². The number of nitrogens with zero attached hydrogens (tertiary/aromatic N) is 2. The zero-order valence-corrected chi connectivity index (χ0v) is 36.1. The Morgan fingerprint density at radius 2 is 1.09 bits per heavy atom. The maximum absolute atomic E-state index is 12.7. The van der Waals surface area contributed by atoms with Crippen molar-refractivity contribution >= 4 is 22.1 Å². The van der Waals surface area contributed by atoms with Gasteiger partial charge in [-0.25, -0.2) is 0 Å². The summed E-state index contributed by atoms with van der Waals surface area (Å²) in [5, 5.41) is 3.27. The molecule has 1 aliphatic rings. The summed E-state index contributed by atoms with van der Waals surface area (Å²) in [6.45, 7) is 9.82. The van der Waals surface area contributed by atoms with Gasteiger partial charge in [0.15, 0.2) is 0 Å². The lowest BCUT2D eigenvalue weighted by atomic mass is 10.1. The molecule has 0 spiro atoms. The molecule has 0 aromatic heterocycles. The minimum Gasteiger partial charge on any atom is -0.344 e. The lowest BCUT2D eigenvalue weighted by molar-refractivity contribution is -0.122. The number of rotatable bonds is 34. The molecule has 9 nitrogen and oxygen atoms in total. The topological polar surface area (TPSA) is 143 Å². The smallest absolute Gasteiger partial charge is 0.344 e. The number of aliphatic imine (C=N–C) groups is 1. The number of carbonyl (C=O) groups is 1. The van der Waals surface area contributed by atoms with Crippen LogP contribution >= 0.6 is 0 Å². The van der Waals surface area contributed by atoms with E-state index in [0.29, 0.717) is 12.5 Å². The summed E-state index contributed by atoms with van der Waals surface area (Å²) in [4.78, 5) is 19.9. The van der Waals surface area contributed by atoms with Gasteiger partial charge >= 0.3 is 10.4 Å². The number of hydrogen-bond acceptors (Lipinski definition) is 7. The number of carbonyl (C=O) groups excluding carboxylic acids is 1. The first kappa shape index (κ1) is 53.4. The molecule has 0 radical (unpaired) electrons. The highest BCUT2D eigenvalue weighted by molar-refractivity contribution is 7.80. The fourth-order valence-corrected chi connectivity index (χ4v) is 6.62. The first-order chi connectivity index (χ1) is 25.1. The number of allylic oxidation sites excluding steroid dienone is 4. The molecule has 1 amide bonds. The summed E-state index contributed by atoms with van der Waals surface area (Å²) in [7, 11) is -3.29. The van der Waals surface area contributed by atoms with Crippen LogP contribution in [0.1, 0.15) is 214 Å². The Labute approximate surface area is 328 Å². The summed E-state index contributed by atoms with van der Waals surface area (Å²) in [6.07, 6.45) is 46.7. The zero-order valence-electron chi connectivity index (χ0n) is 35.3. The predicted octanol–water partition coefficient (Wildman–Crippen LogP) is 12.6. The molecular weight excluding hydrogens is 685 g/mol. The van der Waals surface area contributed by atoms with Crippen molar-refractivity contribution in [1.29, 1.82) is 0 Å². The molecule has 0 fully saturated rings. The van der Waals surface area contributed by atoms with Crippen molar-refractivity contribution in [3.05, 3.63) is 24.3 Å². The molecule has 0 aromatic carbocycles. The second-order valence-corrected chi connectivity index (χ2v) is 16.1. The van der Waals surface area contributed by atoms with Gasteiger partial charge in [-0.2, -0.15) is 8.42 Å². The number of unbranched alkanes of at least 4 members (excludes halogenated alkanes) is 23. The highest BCUT2D eigenvalue weighted by atomic mass is 32.3. The van der Waals surface area contributed by atoms with Crippen LogP contribution in [0.5, 0.6) is 0 Å². The largest absolute Gasteiger partial charge is 0.397 e. The van der Waals surface area contributed by atoms with Gasteiger partial charge in [0.25, 0.3) is 0 Å². The summed E-state index contributed by atoms with van der Waals surface area (Å²) in [5.74, 6) is 1.40. The van der Waals surface area contributed by atoms with Crippen molar-refractivity contribution < 1.29 is 21.9 Å². The zero-order chi connectivity index (χ0) is 38.5. The maximum atomic E-state index is 12.7. The van der Waals surface area contributed by atoms with Crippen LogP contribution in [0.2, 0.25) is 0 Å². The number of nitrogens with one attached hydrogen (secondary N) is 1. The molecule has 10 heteroatoms. The molecule has 0 aromatic rings. The molecule has 2 unspecified atom stereocenters. The van der Waals surface area contributed by atoms with Crippen molar-refractivity contribution in [1.82, 2.24) is 16.4 Å². The van der Waals surface area contributed by atoms with Crippen molar-refractivity contribution in [2.45, 2.75) is 226 Å². The number of amides is 1. The van der Waals surface area contributed by atoms with Gasteiger partial charge in [-0.05, 0) is 78.1 Å². The van der Waals surface area contributed by atoms with Gasteiger partial charge in [-0.3, -0.25) is 18.5 Å². The lowest BCUT2D eigenvalue weighted by Gasteiger charge is -2.29. The van der Waals surface area contributed by atoms with Crippen LogP contribution in [0, 0.1) is 0 Å². The first-order valence-electron chi connectivity index (χ1n) is 21.6. The summed E-state index contributed by atoms with van der Waals surface area (Å²) >= 11 is 0. The molecule has 1 aliphatic heterocycles. The van der Waals surface area contributed by atoms with Crippen LogP contribution in [-0.2, 0) is 19.4 Å². The van der Waals surface area contributed by atoms with Gasteiger partial charge in [0.1, 0.15) is 5.84 Å². The van der Waals surface area contributed by atoms with E-state index in [4.69, 9.17) is 9.55 Å². The van der Waals surface area contributed by atoms with Crippen molar-refractivity contribution in [2.24, 2.45) is 4.99 Å². The molecule has 0 saturated heterocycles. The molecule has 0 saturated carbocycles. The number of hydrogen-bond donors (Lipinski definition) is 3. The molecule has 53 heavy (non-hydrogen) atoms. The molecule has 5 N–H and O–H groups in total. The van der Waals surface area contributed by atoms with Crippen LogP contribution in [0.4, 0.5) is 0 Å². The fraction of sp³-hybridized carbons (Fsp3) is 0.860. The normalized spacial score (nSPS) is 15.0. The molecule has 1 rings (SSSR count). The lowest BCUT2D eigenvalue weighted by Crippen LogP contribution is -2.48. The molecule has 0 aliphatic carbocycles. The van der Waals surface area contributed by atoms with Crippen LogP contribution in [0.25, 0.3) is 0 Å². The molecule has 1 heterocycles. The molecule has 0 bridgehead atoms. The fourth-order valence-electron chi connectivity index (χ4n) is 6.62. The SMILES string of the molecule is CCCCCCCC/C=C\CCCCCCCCC1=NC(C)CN1C(C)NC(=O)CCCCCCC/C=C\CCCCCCCC.COS(=O)(=O)O.N. The van der Waals surface area contributed by atoms with E-state index in [1.54, 1.807) is 0 Å². The Morgan fingerprint density at radius 3 is 1.49 bits per heavy atom. The van der Waals surface area contributed by atoms with Gasteiger partial charge in [-0.15, -0.1) is 0 Å². The van der Waals surface area contributed by atoms with E-state index >= 15 is 0 Å². The Hall–Kier alpha value is -1.75. The van der Waals surface area contributed by atoms with Gasteiger partial charge in [0.2, 0.25) is 5.91 Å². The van der Waals surface area contributed by atoms with Crippen LogP contribution in [0.3, 0.4) is 0 Å². The minimum absolute atomic E-state index is 0. The summed E-state index contributed by atoms with van der Waals surface area (Å²) in [5.41, 5.74) is 0. The van der Waals surface area contributed by atoms with Crippen LogP contribution in [0.15, 0.2) is 29.3 Å². The maximum Gasteiger partial charge on any atom is 0.397 e. The monoisotopic (exact) mass is 771 g/mol. The molecule has 314 valence electrons. The van der Waals surface area contributed by atoms with Gasteiger partial charge in [-0.1, -0.05) is 147 Å². The van der Waals surface area contributed by atoms with E-state index in [1.165, 1.54) is 166 Å². The third-order valence-electron chi connectivity index (χ3n) is 9.79. The van der Waals surface area contributed by atoms with Crippen molar-refractivity contribution in [3.8, 4) is 0 Å². The Morgan fingerprint density at radius 1 is 0.736 bits per heavy atom. The van der Waals surface area contributed by atoms with Crippen LogP contribution in [-0.4, -0.2) is 55.5 Å². The average molecular weight is 771 g/mol. The second kappa shape index (κ2) is 38.5. The second-order valence-electron chi connectivity index (χ2n) is 14.9. The van der Waals surface area contributed by atoms with E-state index in [9.17, 15) is 13.2 Å². The minimum atomic E-state index is -4.16. The van der Waals surface area contributed by atoms with E-state index in [2.05, 4.69) is 66.4 Å². The third kappa shape index (κ3) is 37.0. The quantitative estimate of drug-likeness (QED) is 0.0336. The third-order valence-corrected chi connectivity index (χ3v) is 10.2. The van der Waals surface area contributed by atoms with E-state index < -0.39 is 10.4 Å². The Kier molecular flexibility index (Phi) is 38.8. The average Bonchev–Trinajstić information content (AvgIpc) is 3.49. The summed E-state index contributed by atoms with van der Waals surface area (Å²) in [6, 6.07) is 0.328.